The van der Waals surface area contributed by atoms with Crippen LogP contribution in [-0.4, -0.2) is 113 Å². The lowest BCUT2D eigenvalue weighted by atomic mass is 9.99. The summed E-state index contributed by atoms with van der Waals surface area (Å²) in [4.78, 5) is 47.8. The van der Waals surface area contributed by atoms with Gasteiger partial charge in [-0.25, -0.2) is 18.0 Å². The molecule has 7 N–H and O–H groups in total. The van der Waals surface area contributed by atoms with E-state index in [-0.39, 0.29) is 63.7 Å². The Balaban J connectivity index is 1.31. The number of amides is 2. The molecule has 21 heteroatoms. The number of carboxylic acids is 1. The molecule has 16 nitrogen and oxygen atoms in total. The number of rotatable bonds is 19. The van der Waals surface area contributed by atoms with E-state index in [9.17, 15) is 66.7 Å². The minimum Gasteiger partial charge on any atom is -0.479 e. The Kier molecular flexibility index (Phi) is 16.1. The number of carbonyl (C=O) groups excluding carboxylic acids is 3. The first-order chi connectivity index (χ1) is 24.7. The van der Waals surface area contributed by atoms with Crippen LogP contribution in [0.15, 0.2) is 18.2 Å². The molecular weight excluding hydrogens is 719 g/mol. The summed E-state index contributed by atoms with van der Waals surface area (Å²) >= 11 is 0. The second-order valence-electron chi connectivity index (χ2n) is 10.9. The molecular formula is C31H35F5N2O14. The van der Waals surface area contributed by atoms with Gasteiger partial charge in [0.2, 0.25) is 52.9 Å². The van der Waals surface area contributed by atoms with Crippen LogP contribution in [-0.2, 0) is 40.0 Å². The number of hydrogen-bond donors (Lipinski definition) is 7. The van der Waals surface area contributed by atoms with E-state index in [1.54, 1.807) is 0 Å². The molecule has 1 heterocycles. The number of aliphatic hydroxyl groups is 4. The van der Waals surface area contributed by atoms with Gasteiger partial charge in [-0.15, -0.1) is 0 Å². The van der Waals surface area contributed by atoms with E-state index in [1.807, 2.05) is 0 Å². The van der Waals surface area contributed by atoms with Gasteiger partial charge in [0.05, 0.1) is 38.5 Å². The zero-order valence-electron chi connectivity index (χ0n) is 27.0. The van der Waals surface area contributed by atoms with E-state index in [0.29, 0.717) is 5.56 Å². The number of esters is 1. The molecule has 0 spiro atoms. The molecule has 2 aromatic rings. The normalized spacial score (nSPS) is 19.9. The summed E-state index contributed by atoms with van der Waals surface area (Å²) in [6.45, 7) is -0.751. The highest BCUT2D eigenvalue weighted by atomic mass is 19.2. The SMILES string of the molecule is O=C(CCCOCCOCCC(=O)Oc1c(F)c(F)c(F)c(F)c1F)NCCC(=O)Nc1cc(CO)ccc1O[C@@H]1O[C@H](C(=O)O)[C@@H](O)[C@H](O)[C@H]1O. The maximum atomic E-state index is 13.6. The molecule has 288 valence electrons. The molecule has 5 atom stereocenters. The molecule has 1 saturated heterocycles. The quantitative estimate of drug-likeness (QED) is 0.0257. The molecule has 0 radical (unpaired) electrons. The number of carboxylic acid groups (broad SMARTS) is 1. The van der Waals surface area contributed by atoms with Crippen LogP contribution in [0.3, 0.4) is 0 Å². The van der Waals surface area contributed by atoms with Crippen molar-refractivity contribution in [2.24, 2.45) is 0 Å². The number of aliphatic hydroxyl groups excluding tert-OH is 4. The topological polar surface area (TPSA) is 240 Å². The van der Waals surface area contributed by atoms with Crippen LogP contribution >= 0.6 is 0 Å². The third-order valence-corrected chi connectivity index (χ3v) is 7.13. The van der Waals surface area contributed by atoms with Crippen LogP contribution in [0.4, 0.5) is 27.6 Å². The summed E-state index contributed by atoms with van der Waals surface area (Å²) < 4.78 is 91.8. The fourth-order valence-corrected chi connectivity index (χ4v) is 4.42. The summed E-state index contributed by atoms with van der Waals surface area (Å²) in [6, 6.07) is 4.01. The summed E-state index contributed by atoms with van der Waals surface area (Å²) in [5.41, 5.74) is 0.321. The molecule has 3 rings (SSSR count). The van der Waals surface area contributed by atoms with Crippen LogP contribution in [0.2, 0.25) is 0 Å². The Bertz CT molecular complexity index is 1560. The number of halogens is 5. The second kappa shape index (κ2) is 19.9. The predicted octanol–water partition coefficient (Wildman–Crippen LogP) is 0.399. The first-order valence-electron chi connectivity index (χ1n) is 15.4. The molecule has 2 amide bonds. The lowest BCUT2D eigenvalue weighted by molar-refractivity contribution is -0.271. The van der Waals surface area contributed by atoms with Crippen molar-refractivity contribution in [1.82, 2.24) is 5.32 Å². The maximum Gasteiger partial charge on any atom is 0.335 e. The van der Waals surface area contributed by atoms with Crippen LogP contribution in [0.25, 0.3) is 0 Å². The zero-order chi connectivity index (χ0) is 38.5. The molecule has 0 bridgehead atoms. The summed E-state index contributed by atoms with van der Waals surface area (Å²) in [5.74, 6) is -17.3. The van der Waals surface area contributed by atoms with E-state index in [2.05, 4.69) is 15.4 Å². The van der Waals surface area contributed by atoms with Gasteiger partial charge in [0.15, 0.2) is 6.10 Å². The maximum absolute atomic E-state index is 13.6. The molecule has 0 aromatic heterocycles. The smallest absolute Gasteiger partial charge is 0.335 e. The van der Waals surface area contributed by atoms with E-state index in [0.717, 1.165) is 0 Å². The van der Waals surface area contributed by atoms with Gasteiger partial charge < -0.3 is 59.9 Å². The molecule has 1 aliphatic heterocycles. The summed E-state index contributed by atoms with van der Waals surface area (Å²) in [6.07, 6.45) is -9.94. The highest BCUT2D eigenvalue weighted by Gasteiger charge is 2.48. The van der Waals surface area contributed by atoms with Gasteiger partial charge in [-0.1, -0.05) is 6.07 Å². The molecule has 1 fully saturated rings. The Labute approximate surface area is 291 Å². The first-order valence-corrected chi connectivity index (χ1v) is 15.4. The number of anilines is 1. The Morgan fingerprint density at radius 2 is 1.40 bits per heavy atom. The van der Waals surface area contributed by atoms with Gasteiger partial charge in [0.25, 0.3) is 0 Å². The fourth-order valence-electron chi connectivity index (χ4n) is 4.42. The number of aliphatic carboxylic acids is 1. The monoisotopic (exact) mass is 754 g/mol. The number of ether oxygens (including phenoxy) is 5. The lowest BCUT2D eigenvalue weighted by Gasteiger charge is -2.38. The van der Waals surface area contributed by atoms with Crippen molar-refractivity contribution in [1.29, 1.82) is 0 Å². The molecule has 0 aliphatic carbocycles. The molecule has 0 unspecified atom stereocenters. The summed E-state index contributed by atoms with van der Waals surface area (Å²) in [7, 11) is 0. The first kappa shape index (κ1) is 41.9. The number of nitrogens with one attached hydrogen (secondary N) is 2. The minimum atomic E-state index is -2.40. The van der Waals surface area contributed by atoms with Crippen molar-refractivity contribution in [2.75, 3.05) is 38.3 Å². The Morgan fingerprint density at radius 1 is 0.769 bits per heavy atom. The zero-order valence-corrected chi connectivity index (χ0v) is 27.0. The van der Waals surface area contributed by atoms with Gasteiger partial charge in [-0.05, 0) is 24.1 Å². The van der Waals surface area contributed by atoms with E-state index in [4.69, 9.17) is 18.9 Å². The highest BCUT2D eigenvalue weighted by Crippen LogP contribution is 2.31. The van der Waals surface area contributed by atoms with Crippen molar-refractivity contribution < 1.29 is 90.3 Å². The van der Waals surface area contributed by atoms with E-state index < -0.39 is 102 Å². The van der Waals surface area contributed by atoms with Gasteiger partial charge in [-0.2, -0.15) is 8.78 Å². The van der Waals surface area contributed by atoms with Crippen LogP contribution in [0.5, 0.6) is 11.5 Å². The third-order valence-electron chi connectivity index (χ3n) is 7.13. The molecule has 1 aliphatic rings. The number of benzene rings is 2. The minimum absolute atomic E-state index is 0.0172. The van der Waals surface area contributed by atoms with Crippen molar-refractivity contribution >= 4 is 29.4 Å². The molecule has 52 heavy (non-hydrogen) atoms. The van der Waals surface area contributed by atoms with Gasteiger partial charge in [0, 0.05) is 26.0 Å². The predicted molar refractivity (Wildman–Crippen MR) is 161 cm³/mol. The van der Waals surface area contributed by atoms with Crippen molar-refractivity contribution in [3.05, 3.63) is 52.8 Å². The van der Waals surface area contributed by atoms with Crippen molar-refractivity contribution in [3.63, 3.8) is 0 Å². The van der Waals surface area contributed by atoms with Crippen LogP contribution in [0, 0.1) is 29.1 Å². The third kappa shape index (κ3) is 11.5. The largest absolute Gasteiger partial charge is 0.479 e. The second-order valence-corrected chi connectivity index (χ2v) is 10.9. The van der Waals surface area contributed by atoms with E-state index in [1.165, 1.54) is 18.2 Å². The number of carbonyl (C=O) groups is 4. The molecule has 2 aromatic carbocycles. The molecule has 0 saturated carbocycles. The van der Waals surface area contributed by atoms with Gasteiger partial charge in [0.1, 0.15) is 24.1 Å². The fraction of sp³-hybridized carbons (Fsp3) is 0.484. The Hall–Kier alpha value is -4.51. The van der Waals surface area contributed by atoms with Crippen LogP contribution < -0.4 is 20.1 Å². The van der Waals surface area contributed by atoms with Gasteiger partial charge >= 0.3 is 11.9 Å². The lowest BCUT2D eigenvalue weighted by Crippen LogP contribution is -2.61. The van der Waals surface area contributed by atoms with Crippen molar-refractivity contribution in [3.8, 4) is 11.5 Å². The Morgan fingerprint density at radius 3 is 2.04 bits per heavy atom. The van der Waals surface area contributed by atoms with Crippen LogP contribution in [0.1, 0.15) is 31.2 Å². The van der Waals surface area contributed by atoms with Gasteiger partial charge in [-0.3, -0.25) is 14.4 Å². The standard InChI is InChI=1S/C31H35F5N2O14/c32-20-21(33)23(35)28(24(36)22(20)34)51-19(42)6-9-49-11-10-48-8-1-2-17(40)37-7-5-18(41)38-15-12-14(13-39)3-4-16(15)50-31-27(45)25(43)26(44)29(52-31)30(46)47/h3-4,12,25-27,29,31,39,43-45H,1-2,5-11,13H2,(H,37,40)(H,38,41)(H,46,47)/t25-,26-,27+,29-,31+/m0/s1. The average Bonchev–Trinajstić information content (AvgIpc) is 3.11. The van der Waals surface area contributed by atoms with E-state index >= 15 is 0 Å². The highest BCUT2D eigenvalue weighted by molar-refractivity contribution is 5.92. The number of hydrogen-bond acceptors (Lipinski definition) is 13. The summed E-state index contributed by atoms with van der Waals surface area (Å²) in [5, 5.41) is 53.9. The van der Waals surface area contributed by atoms with Crippen molar-refractivity contribution in [2.45, 2.75) is 63.0 Å². The average molecular weight is 755 g/mol.